The Morgan fingerprint density at radius 3 is 0.979 bits per heavy atom. The summed E-state index contributed by atoms with van der Waals surface area (Å²) >= 11 is 7.00. The predicted molar refractivity (Wildman–Crippen MR) is 193 cm³/mol. The average Bonchev–Trinajstić information content (AvgIpc) is 3.10. The molecule has 0 fully saturated rings. The van der Waals surface area contributed by atoms with Gasteiger partial charge in [-0.1, -0.05) is 24.3 Å². The Hall–Kier alpha value is -1.73. The second kappa shape index (κ2) is 23.6. The van der Waals surface area contributed by atoms with Crippen LogP contribution in [0.5, 0.6) is 0 Å². The van der Waals surface area contributed by atoms with E-state index < -0.39 is 17.6 Å². The van der Waals surface area contributed by atoms with Crippen molar-refractivity contribution < 1.29 is 37.9 Å². The van der Waals surface area contributed by atoms with Crippen molar-refractivity contribution in [3.05, 3.63) is 85.5 Å². The predicted octanol–water partition coefficient (Wildman–Crippen LogP) is 6.49. The molecule has 0 saturated heterocycles. The Morgan fingerprint density at radius 2 is 0.766 bits per heavy atom. The molecule has 4 aromatic heterocycles. The van der Waals surface area contributed by atoms with Crippen LogP contribution >= 0.6 is 28.2 Å². The van der Waals surface area contributed by atoms with E-state index in [-0.39, 0.29) is 0 Å². The molecule has 4 rings (SSSR count). The second-order valence-electron chi connectivity index (χ2n) is 9.06. The summed E-state index contributed by atoms with van der Waals surface area (Å²) in [5.41, 5.74) is 3.31. The number of pyridine rings is 4. The molecule has 0 radical (unpaired) electrons. The van der Waals surface area contributed by atoms with E-state index in [1.165, 1.54) is 0 Å². The normalized spacial score (nSPS) is 11.3. The molecule has 0 bridgehead atoms. The van der Waals surface area contributed by atoms with Gasteiger partial charge in [-0.3, -0.25) is 19.9 Å². The molecule has 4 heterocycles. The molecule has 0 spiro atoms. The maximum atomic E-state index is 5.88. The fourth-order valence-corrected chi connectivity index (χ4v) is 9.17. The van der Waals surface area contributed by atoms with E-state index in [0.717, 1.165) is 44.5 Å². The summed E-state index contributed by atoms with van der Waals surface area (Å²) in [5, 5.41) is 1.75. The van der Waals surface area contributed by atoms with Gasteiger partial charge in [-0.15, -0.1) is 0 Å². The minimum absolute atomic E-state index is 0.536. The summed E-state index contributed by atoms with van der Waals surface area (Å²) in [6.45, 7) is 14.9. The van der Waals surface area contributed by atoms with Crippen molar-refractivity contribution in [2.45, 2.75) is 41.5 Å². The van der Waals surface area contributed by atoms with Crippen LogP contribution in [0, 0.1) is 0 Å². The summed E-state index contributed by atoms with van der Waals surface area (Å²) in [4.78, 5) is 17.6. The number of hydrogen-bond donors (Lipinski definition) is 0. The SMILES string of the molecule is CCO[Si](OCC)(OCC)c1ccc(-c2ccccn2)nc1.CCO[Si](OCC)(OCC)c1ccc(-c2ccccn2)nc1.[Br][Fe][Br]. The monoisotopic (exact) mass is 850 g/mol. The first-order valence-corrected chi connectivity index (χ1v) is 24.3. The Labute approximate surface area is 301 Å². The Balaban J connectivity index is 0.000000302. The standard InChI is InChI=1S/2C16H22N2O3Si.2BrH.Fe/c2*1-4-19-22(20-5-2,21-6-3)14-10-11-16(18-13-14)15-9-7-8-12-17-15;;;/h2*7-13H,4-6H2,1-3H3;2*1H;/q;;;;+2/p-2. The number of halogens is 2. The molecule has 0 aromatic carbocycles. The molecule has 0 N–H and O–H groups in total. The molecule has 10 nitrogen and oxygen atoms in total. The Morgan fingerprint density at radius 1 is 0.468 bits per heavy atom. The fourth-order valence-electron chi connectivity index (χ4n) is 4.37. The summed E-state index contributed by atoms with van der Waals surface area (Å²) in [6, 6.07) is 19.3. The molecular formula is C32H44Br2FeN4O6Si2. The van der Waals surface area contributed by atoms with E-state index in [2.05, 4.69) is 48.2 Å². The molecule has 0 aliphatic heterocycles. The zero-order valence-electron chi connectivity index (χ0n) is 27.7. The molecule has 0 saturated carbocycles. The third kappa shape index (κ3) is 12.9. The van der Waals surface area contributed by atoms with Crippen molar-refractivity contribution >= 4 is 56.2 Å². The summed E-state index contributed by atoms with van der Waals surface area (Å²) in [7, 11) is -5.76. The van der Waals surface area contributed by atoms with Crippen LogP contribution < -0.4 is 10.4 Å². The van der Waals surface area contributed by atoms with Crippen molar-refractivity contribution in [3.63, 3.8) is 0 Å². The number of aromatic nitrogens is 4. The fraction of sp³-hybridized carbons (Fsp3) is 0.375. The second-order valence-corrected chi connectivity index (χ2v) is 19.7. The first-order chi connectivity index (χ1) is 22.9. The van der Waals surface area contributed by atoms with Gasteiger partial charge in [0, 0.05) is 74.8 Å². The van der Waals surface area contributed by atoms with Crippen molar-refractivity contribution in [2.75, 3.05) is 39.6 Å². The molecule has 4 aromatic rings. The van der Waals surface area contributed by atoms with Crippen molar-refractivity contribution in [3.8, 4) is 22.8 Å². The van der Waals surface area contributed by atoms with Gasteiger partial charge in [-0.2, -0.15) is 0 Å². The van der Waals surface area contributed by atoms with Crippen LogP contribution in [0.2, 0.25) is 0 Å². The van der Waals surface area contributed by atoms with Gasteiger partial charge in [-0.05, 0) is 77.9 Å². The molecular weight excluding hydrogens is 808 g/mol. The first kappa shape index (κ1) is 41.4. The van der Waals surface area contributed by atoms with E-state index in [9.17, 15) is 0 Å². The van der Waals surface area contributed by atoms with Crippen LogP contribution in [0.4, 0.5) is 0 Å². The van der Waals surface area contributed by atoms with Gasteiger partial charge in [0.05, 0.1) is 22.8 Å². The van der Waals surface area contributed by atoms with Crippen LogP contribution in [0.15, 0.2) is 85.5 Å². The molecule has 0 aliphatic rings. The number of hydrogen-bond acceptors (Lipinski definition) is 10. The van der Waals surface area contributed by atoms with E-state index in [1.807, 2.05) is 102 Å². The zero-order chi connectivity index (χ0) is 34.4. The summed E-state index contributed by atoms with van der Waals surface area (Å²) in [5.74, 6) is 0. The van der Waals surface area contributed by atoms with Gasteiger partial charge in [-0.25, -0.2) is 0 Å². The minimum atomic E-state index is -2.88. The van der Waals surface area contributed by atoms with Gasteiger partial charge in [0.2, 0.25) is 0 Å². The number of rotatable bonds is 16. The van der Waals surface area contributed by atoms with Gasteiger partial charge in [0.1, 0.15) is 0 Å². The molecule has 47 heavy (non-hydrogen) atoms. The zero-order valence-corrected chi connectivity index (χ0v) is 33.9. The van der Waals surface area contributed by atoms with E-state index in [1.54, 1.807) is 24.8 Å². The third-order valence-electron chi connectivity index (χ3n) is 6.09. The van der Waals surface area contributed by atoms with Crippen molar-refractivity contribution in [1.29, 1.82) is 0 Å². The third-order valence-corrected chi connectivity index (χ3v) is 12.1. The topological polar surface area (TPSA) is 107 Å². The van der Waals surface area contributed by atoms with Gasteiger partial charge >= 0.3 is 57.2 Å². The molecule has 0 unspecified atom stereocenters. The molecule has 0 atom stereocenters. The van der Waals surface area contributed by atoms with Crippen LogP contribution in [0.1, 0.15) is 41.5 Å². The van der Waals surface area contributed by atoms with E-state index in [0.29, 0.717) is 39.6 Å². The molecule has 0 amide bonds. The van der Waals surface area contributed by atoms with Crippen LogP contribution in [-0.4, -0.2) is 77.2 Å². The van der Waals surface area contributed by atoms with Gasteiger partial charge in [0.15, 0.2) is 0 Å². The Bertz CT molecular complexity index is 1230. The van der Waals surface area contributed by atoms with E-state index in [4.69, 9.17) is 26.6 Å². The Kier molecular flexibility index (Phi) is 20.8. The molecule has 15 heteroatoms. The van der Waals surface area contributed by atoms with Crippen molar-refractivity contribution in [1.82, 2.24) is 19.9 Å². The first-order valence-electron chi connectivity index (χ1n) is 15.4. The quantitative estimate of drug-likeness (QED) is 0.116. The molecule has 0 aliphatic carbocycles. The average molecular weight is 853 g/mol. The summed E-state index contributed by atoms with van der Waals surface area (Å²) in [6.07, 6.45) is 7.06. The van der Waals surface area contributed by atoms with Crippen molar-refractivity contribution in [2.24, 2.45) is 0 Å². The van der Waals surface area contributed by atoms with Crippen LogP contribution in [0.3, 0.4) is 0 Å². The van der Waals surface area contributed by atoms with Gasteiger partial charge in [0.25, 0.3) is 0 Å². The van der Waals surface area contributed by atoms with Gasteiger partial charge < -0.3 is 26.6 Å². The van der Waals surface area contributed by atoms with Crippen LogP contribution in [0.25, 0.3) is 22.8 Å². The summed E-state index contributed by atoms with van der Waals surface area (Å²) < 4.78 is 35.3. The van der Waals surface area contributed by atoms with E-state index >= 15 is 0 Å². The molecule has 258 valence electrons. The number of nitrogens with zero attached hydrogens (tertiary/aromatic N) is 4. The maximum absolute atomic E-state index is 5.88. The van der Waals surface area contributed by atoms with Crippen LogP contribution in [-0.2, 0) is 37.9 Å².